The standard InChI is InChI=1S/C11H13N3O3S/c1-2-12-11(18)14-13-10(15)7-3-4-8-9(5-7)17-6-16-8/h3-5H,2,6H2,1H3,(H,13,15)(H2,12,14,18). The molecule has 7 heteroatoms. The molecule has 3 N–H and O–H groups in total. The first-order valence-corrected chi connectivity index (χ1v) is 5.85. The van der Waals surface area contributed by atoms with Gasteiger partial charge in [0.1, 0.15) is 0 Å². The highest BCUT2D eigenvalue weighted by molar-refractivity contribution is 7.80. The van der Waals surface area contributed by atoms with E-state index in [9.17, 15) is 4.79 Å². The Morgan fingerprint density at radius 2 is 2.11 bits per heavy atom. The van der Waals surface area contributed by atoms with E-state index in [1.54, 1.807) is 18.2 Å². The van der Waals surface area contributed by atoms with Gasteiger partial charge in [0.05, 0.1) is 0 Å². The predicted octanol–water partition coefficient (Wildman–Crippen LogP) is 0.544. The highest BCUT2D eigenvalue weighted by Crippen LogP contribution is 2.32. The van der Waals surface area contributed by atoms with E-state index in [1.807, 2.05) is 6.92 Å². The number of carbonyl (C=O) groups is 1. The van der Waals surface area contributed by atoms with Crippen molar-refractivity contribution in [3.05, 3.63) is 23.8 Å². The third kappa shape index (κ3) is 2.80. The van der Waals surface area contributed by atoms with Gasteiger partial charge in [0.2, 0.25) is 6.79 Å². The Balaban J connectivity index is 1.95. The lowest BCUT2D eigenvalue weighted by Crippen LogP contribution is -2.46. The van der Waals surface area contributed by atoms with Crippen molar-refractivity contribution in [3.63, 3.8) is 0 Å². The first-order valence-electron chi connectivity index (χ1n) is 5.44. The van der Waals surface area contributed by atoms with E-state index in [2.05, 4.69) is 16.2 Å². The van der Waals surface area contributed by atoms with Crippen LogP contribution in [0.2, 0.25) is 0 Å². The van der Waals surface area contributed by atoms with E-state index in [0.29, 0.717) is 28.7 Å². The number of hydrogen-bond donors (Lipinski definition) is 3. The van der Waals surface area contributed by atoms with Gasteiger partial charge in [-0.2, -0.15) is 0 Å². The lowest BCUT2D eigenvalue weighted by molar-refractivity contribution is 0.0943. The fraction of sp³-hybridized carbons (Fsp3) is 0.273. The SMILES string of the molecule is CCNC(=S)NNC(=O)c1ccc2c(c1)OCO2. The Morgan fingerprint density at radius 1 is 1.33 bits per heavy atom. The molecule has 1 aliphatic heterocycles. The summed E-state index contributed by atoms with van der Waals surface area (Å²) in [5.41, 5.74) is 5.55. The Hall–Kier alpha value is -2.02. The van der Waals surface area contributed by atoms with Crippen molar-refractivity contribution in [1.29, 1.82) is 0 Å². The van der Waals surface area contributed by atoms with Crippen molar-refractivity contribution in [3.8, 4) is 11.5 Å². The Labute approximate surface area is 110 Å². The van der Waals surface area contributed by atoms with Crippen LogP contribution in [0.1, 0.15) is 17.3 Å². The molecule has 0 bridgehead atoms. The van der Waals surface area contributed by atoms with Gasteiger partial charge in [0.15, 0.2) is 16.6 Å². The second-order valence-corrected chi connectivity index (χ2v) is 3.91. The van der Waals surface area contributed by atoms with E-state index < -0.39 is 0 Å². The average molecular weight is 267 g/mol. The van der Waals surface area contributed by atoms with Crippen molar-refractivity contribution in [2.75, 3.05) is 13.3 Å². The van der Waals surface area contributed by atoms with Crippen LogP contribution in [0.4, 0.5) is 0 Å². The normalized spacial score (nSPS) is 11.8. The molecule has 0 atom stereocenters. The summed E-state index contributed by atoms with van der Waals surface area (Å²) in [7, 11) is 0. The van der Waals surface area contributed by atoms with Gasteiger partial charge in [-0.3, -0.25) is 15.6 Å². The molecule has 0 radical (unpaired) electrons. The maximum absolute atomic E-state index is 11.8. The molecule has 18 heavy (non-hydrogen) atoms. The van der Waals surface area contributed by atoms with Crippen LogP contribution in [-0.2, 0) is 0 Å². The van der Waals surface area contributed by atoms with Crippen molar-refractivity contribution < 1.29 is 14.3 Å². The molecule has 0 spiro atoms. The molecule has 1 aliphatic rings. The van der Waals surface area contributed by atoms with Crippen LogP contribution in [0.25, 0.3) is 0 Å². The van der Waals surface area contributed by atoms with Gasteiger partial charge in [-0.15, -0.1) is 0 Å². The number of rotatable bonds is 2. The van der Waals surface area contributed by atoms with Gasteiger partial charge in [0.25, 0.3) is 5.91 Å². The van der Waals surface area contributed by atoms with Crippen LogP contribution < -0.4 is 25.6 Å². The van der Waals surface area contributed by atoms with Gasteiger partial charge < -0.3 is 14.8 Å². The number of ether oxygens (including phenoxy) is 2. The van der Waals surface area contributed by atoms with Crippen molar-refractivity contribution in [2.24, 2.45) is 0 Å². The second kappa shape index (κ2) is 5.54. The van der Waals surface area contributed by atoms with Crippen LogP contribution in [0, 0.1) is 0 Å². The van der Waals surface area contributed by atoms with Gasteiger partial charge in [-0.25, -0.2) is 0 Å². The molecule has 96 valence electrons. The summed E-state index contributed by atoms with van der Waals surface area (Å²) in [6, 6.07) is 4.97. The smallest absolute Gasteiger partial charge is 0.269 e. The number of fused-ring (bicyclic) bond motifs is 1. The molecule has 1 aromatic rings. The molecule has 0 unspecified atom stereocenters. The van der Waals surface area contributed by atoms with Crippen LogP contribution >= 0.6 is 12.2 Å². The molecule has 1 heterocycles. The zero-order valence-electron chi connectivity index (χ0n) is 9.78. The third-order valence-corrected chi connectivity index (χ3v) is 2.51. The minimum atomic E-state index is -0.298. The number of benzene rings is 1. The summed E-state index contributed by atoms with van der Waals surface area (Å²) < 4.78 is 10.4. The van der Waals surface area contributed by atoms with Crippen LogP contribution in [0.3, 0.4) is 0 Å². The summed E-state index contributed by atoms with van der Waals surface area (Å²) in [6.07, 6.45) is 0. The number of carbonyl (C=O) groups excluding carboxylic acids is 1. The average Bonchev–Trinajstić information content (AvgIpc) is 2.83. The first-order chi connectivity index (χ1) is 8.70. The molecular weight excluding hydrogens is 254 g/mol. The molecule has 0 saturated carbocycles. The fourth-order valence-corrected chi connectivity index (χ4v) is 1.62. The fourth-order valence-electron chi connectivity index (χ4n) is 1.43. The van der Waals surface area contributed by atoms with Crippen molar-refractivity contribution in [2.45, 2.75) is 6.92 Å². The minimum absolute atomic E-state index is 0.184. The number of amides is 1. The molecule has 0 fully saturated rings. The topological polar surface area (TPSA) is 71.6 Å². The van der Waals surface area contributed by atoms with Crippen molar-refractivity contribution >= 4 is 23.2 Å². The number of hydrazine groups is 1. The van der Waals surface area contributed by atoms with Crippen molar-refractivity contribution in [1.82, 2.24) is 16.2 Å². The quantitative estimate of drug-likeness (QED) is 0.537. The second-order valence-electron chi connectivity index (χ2n) is 3.51. The monoisotopic (exact) mass is 267 g/mol. The van der Waals surface area contributed by atoms with Gasteiger partial charge in [-0.05, 0) is 37.3 Å². The molecule has 0 aromatic heterocycles. The summed E-state index contributed by atoms with van der Waals surface area (Å²) in [6.45, 7) is 2.78. The summed E-state index contributed by atoms with van der Waals surface area (Å²) >= 11 is 4.92. The summed E-state index contributed by atoms with van der Waals surface area (Å²) in [4.78, 5) is 11.8. The highest BCUT2D eigenvalue weighted by Gasteiger charge is 2.16. The maximum Gasteiger partial charge on any atom is 0.269 e. The zero-order chi connectivity index (χ0) is 13.0. The lowest BCUT2D eigenvalue weighted by atomic mass is 10.2. The van der Waals surface area contributed by atoms with E-state index in [0.717, 1.165) is 0 Å². The maximum atomic E-state index is 11.8. The largest absolute Gasteiger partial charge is 0.454 e. The Kier molecular flexibility index (Phi) is 3.83. The summed E-state index contributed by atoms with van der Waals surface area (Å²) in [5.74, 6) is 0.910. The number of thiocarbonyl (C=S) groups is 1. The molecule has 1 amide bonds. The number of hydrogen-bond acceptors (Lipinski definition) is 4. The van der Waals surface area contributed by atoms with Crippen LogP contribution in [0.5, 0.6) is 11.5 Å². The van der Waals surface area contributed by atoms with E-state index in [4.69, 9.17) is 21.7 Å². The molecule has 1 aromatic carbocycles. The highest BCUT2D eigenvalue weighted by atomic mass is 32.1. The van der Waals surface area contributed by atoms with Gasteiger partial charge in [0, 0.05) is 12.1 Å². The Morgan fingerprint density at radius 3 is 2.89 bits per heavy atom. The minimum Gasteiger partial charge on any atom is -0.454 e. The van der Waals surface area contributed by atoms with Gasteiger partial charge >= 0.3 is 0 Å². The number of nitrogens with one attached hydrogen (secondary N) is 3. The predicted molar refractivity (Wildman–Crippen MR) is 69.4 cm³/mol. The molecule has 0 aliphatic carbocycles. The summed E-state index contributed by atoms with van der Waals surface area (Å²) in [5, 5.41) is 3.22. The molecule has 2 rings (SSSR count). The molecule has 0 saturated heterocycles. The van der Waals surface area contributed by atoms with Gasteiger partial charge in [-0.1, -0.05) is 0 Å². The third-order valence-electron chi connectivity index (χ3n) is 2.26. The van der Waals surface area contributed by atoms with E-state index in [-0.39, 0.29) is 12.7 Å². The lowest BCUT2D eigenvalue weighted by Gasteiger charge is -2.10. The van der Waals surface area contributed by atoms with E-state index in [1.165, 1.54) is 0 Å². The van der Waals surface area contributed by atoms with Crippen LogP contribution in [0.15, 0.2) is 18.2 Å². The molecular formula is C11H13N3O3S. The van der Waals surface area contributed by atoms with E-state index >= 15 is 0 Å². The Bertz CT molecular complexity index is 479. The zero-order valence-corrected chi connectivity index (χ0v) is 10.6. The molecule has 6 nitrogen and oxygen atoms in total. The van der Waals surface area contributed by atoms with Crippen LogP contribution in [-0.4, -0.2) is 24.4 Å². The first kappa shape index (κ1) is 12.4.